The van der Waals surface area contributed by atoms with E-state index in [1.54, 1.807) is 23.0 Å². The Labute approximate surface area is 189 Å². The molecule has 4 heterocycles. The topological polar surface area (TPSA) is 114 Å². The van der Waals surface area contributed by atoms with Crippen molar-refractivity contribution in [3.05, 3.63) is 58.8 Å². The van der Waals surface area contributed by atoms with Gasteiger partial charge in [-0.3, -0.25) is 4.79 Å². The van der Waals surface area contributed by atoms with E-state index >= 15 is 0 Å². The third kappa shape index (κ3) is 3.54. The number of carbonyl (C=O) groups is 1. The van der Waals surface area contributed by atoms with Crippen LogP contribution in [0, 0.1) is 0 Å². The van der Waals surface area contributed by atoms with E-state index in [9.17, 15) is 13.2 Å². The summed E-state index contributed by atoms with van der Waals surface area (Å²) in [6.07, 6.45) is 6.33. The largest absolute Gasteiger partial charge is 0.366 e. The van der Waals surface area contributed by atoms with E-state index in [0.717, 1.165) is 27.6 Å². The number of carbonyl (C=O) groups excluding carboxylic acids is 1. The first-order chi connectivity index (χ1) is 15.3. The number of sulfonamides is 1. The van der Waals surface area contributed by atoms with Crippen molar-refractivity contribution in [1.29, 1.82) is 0 Å². The molecule has 4 aromatic rings. The predicted octanol–water partition coefficient (Wildman–Crippen LogP) is 3.30. The number of imidazole rings is 1. The maximum atomic E-state index is 12.9. The lowest BCUT2D eigenvalue weighted by atomic mass is 9.88. The van der Waals surface area contributed by atoms with Gasteiger partial charge in [0.15, 0.2) is 5.03 Å². The molecule has 0 atom stereocenters. The Morgan fingerprint density at radius 1 is 1.25 bits per heavy atom. The average molecular weight is 470 g/mol. The summed E-state index contributed by atoms with van der Waals surface area (Å²) in [6.45, 7) is 0.840. The Balaban J connectivity index is 1.45. The number of thiophene rings is 1. The molecule has 0 unspecified atom stereocenters. The zero-order valence-electron chi connectivity index (χ0n) is 17.5. The van der Waals surface area contributed by atoms with Crippen molar-refractivity contribution in [3.8, 4) is 11.1 Å². The standard InChI is InChI=1S/C22H23N5O3S2/c1-26-11-20(25-13-26)32(29,30)27-5-2-14(3-6-27)19-10-24-21-17(19)8-16(9-18(21)22(23)28)15-4-7-31-12-15/h4,7-14,24H,2-3,5-6H2,1H3,(H2,23,28). The van der Waals surface area contributed by atoms with E-state index in [1.165, 1.54) is 16.8 Å². The van der Waals surface area contributed by atoms with Gasteiger partial charge in [-0.25, -0.2) is 13.4 Å². The molecule has 0 spiro atoms. The second kappa shape index (κ2) is 7.88. The highest BCUT2D eigenvalue weighted by Crippen LogP contribution is 2.37. The van der Waals surface area contributed by atoms with Crippen LogP contribution < -0.4 is 5.73 Å². The van der Waals surface area contributed by atoms with Crippen LogP contribution in [0.1, 0.15) is 34.7 Å². The smallest absolute Gasteiger partial charge is 0.262 e. The van der Waals surface area contributed by atoms with Crippen LogP contribution in [0.25, 0.3) is 22.0 Å². The molecule has 5 rings (SSSR count). The lowest BCUT2D eigenvalue weighted by Gasteiger charge is -2.30. The second-order valence-corrected chi connectivity index (χ2v) is 10.8. The zero-order chi connectivity index (χ0) is 22.5. The van der Waals surface area contributed by atoms with Gasteiger partial charge < -0.3 is 15.3 Å². The van der Waals surface area contributed by atoms with Gasteiger partial charge in [0.1, 0.15) is 0 Å². The van der Waals surface area contributed by atoms with E-state index in [2.05, 4.69) is 16.0 Å². The molecule has 1 aliphatic rings. The number of fused-ring (bicyclic) bond motifs is 1. The van der Waals surface area contributed by atoms with Crippen LogP contribution >= 0.6 is 11.3 Å². The molecule has 3 N–H and O–H groups in total. The van der Waals surface area contributed by atoms with E-state index in [4.69, 9.17) is 5.73 Å². The summed E-state index contributed by atoms with van der Waals surface area (Å²) in [6, 6.07) is 5.94. The molecule has 1 aliphatic heterocycles. The Hall–Kier alpha value is -2.95. The van der Waals surface area contributed by atoms with Gasteiger partial charge in [0, 0.05) is 37.9 Å². The molecule has 1 aromatic carbocycles. The summed E-state index contributed by atoms with van der Waals surface area (Å²) in [4.78, 5) is 19.4. The Morgan fingerprint density at radius 2 is 2.03 bits per heavy atom. The number of piperidine rings is 1. The van der Waals surface area contributed by atoms with Gasteiger partial charge in [0.25, 0.3) is 15.9 Å². The lowest BCUT2D eigenvalue weighted by molar-refractivity contribution is 0.100. The normalized spacial score (nSPS) is 16.0. The second-order valence-electron chi connectivity index (χ2n) is 8.12. The zero-order valence-corrected chi connectivity index (χ0v) is 19.1. The van der Waals surface area contributed by atoms with Crippen LogP contribution in [-0.2, 0) is 17.1 Å². The maximum Gasteiger partial charge on any atom is 0.262 e. The van der Waals surface area contributed by atoms with Crippen molar-refractivity contribution in [1.82, 2.24) is 18.8 Å². The fraction of sp³-hybridized carbons (Fsp3) is 0.273. The quantitative estimate of drug-likeness (QED) is 0.467. The number of aromatic amines is 1. The van der Waals surface area contributed by atoms with E-state index < -0.39 is 15.9 Å². The monoisotopic (exact) mass is 469 g/mol. The first-order valence-corrected chi connectivity index (χ1v) is 12.7. The van der Waals surface area contributed by atoms with E-state index in [1.807, 2.05) is 29.1 Å². The number of nitrogens with two attached hydrogens (primary N) is 1. The van der Waals surface area contributed by atoms with E-state index in [0.29, 0.717) is 31.5 Å². The van der Waals surface area contributed by atoms with Gasteiger partial charge in [-0.1, -0.05) is 0 Å². The van der Waals surface area contributed by atoms with Gasteiger partial charge in [0.05, 0.1) is 17.4 Å². The maximum absolute atomic E-state index is 12.9. The van der Waals surface area contributed by atoms with Crippen molar-refractivity contribution in [2.75, 3.05) is 13.1 Å². The van der Waals surface area contributed by atoms with Crippen molar-refractivity contribution in [2.45, 2.75) is 23.8 Å². The molecule has 0 saturated carbocycles. The average Bonchev–Trinajstić information content (AvgIpc) is 3.53. The molecule has 0 aliphatic carbocycles. The fourth-order valence-electron chi connectivity index (χ4n) is 4.44. The summed E-state index contributed by atoms with van der Waals surface area (Å²) >= 11 is 1.60. The summed E-state index contributed by atoms with van der Waals surface area (Å²) in [5.74, 6) is -0.297. The lowest BCUT2D eigenvalue weighted by Crippen LogP contribution is -2.38. The minimum Gasteiger partial charge on any atom is -0.366 e. The van der Waals surface area contributed by atoms with Crippen molar-refractivity contribution in [3.63, 3.8) is 0 Å². The summed E-state index contributed by atoms with van der Waals surface area (Å²) in [5.41, 5.74) is 9.95. The number of aryl methyl sites for hydroxylation is 1. The number of hydrogen-bond donors (Lipinski definition) is 2. The number of primary amides is 1. The third-order valence-corrected chi connectivity index (χ3v) is 8.59. The summed E-state index contributed by atoms with van der Waals surface area (Å²) in [5, 5.41) is 5.09. The number of aromatic nitrogens is 3. The molecule has 3 aromatic heterocycles. The Bertz CT molecular complexity index is 1390. The molecule has 10 heteroatoms. The highest BCUT2D eigenvalue weighted by molar-refractivity contribution is 7.89. The summed E-state index contributed by atoms with van der Waals surface area (Å²) < 4.78 is 28.9. The van der Waals surface area contributed by atoms with Crippen molar-refractivity contribution < 1.29 is 13.2 Å². The number of hydrogen-bond acceptors (Lipinski definition) is 5. The van der Waals surface area contributed by atoms with Crippen LogP contribution in [0.15, 0.2) is 52.7 Å². The molecule has 0 bridgehead atoms. The SMILES string of the molecule is Cn1cnc(S(=O)(=O)N2CCC(c3c[nH]c4c(C(N)=O)cc(-c5ccsc5)cc34)CC2)c1. The minimum atomic E-state index is -3.60. The van der Waals surface area contributed by atoms with Crippen LogP contribution in [-0.4, -0.2) is 46.3 Å². The van der Waals surface area contributed by atoms with Crippen molar-refractivity contribution in [2.24, 2.45) is 12.8 Å². The number of amides is 1. The molecule has 0 radical (unpaired) electrons. The molecular formula is C22H23N5O3S2. The number of nitrogens with zero attached hydrogens (tertiary/aromatic N) is 3. The molecule has 1 fully saturated rings. The van der Waals surface area contributed by atoms with E-state index in [-0.39, 0.29) is 10.9 Å². The van der Waals surface area contributed by atoms with Crippen LogP contribution in [0.3, 0.4) is 0 Å². The summed E-state index contributed by atoms with van der Waals surface area (Å²) in [7, 11) is -1.85. The first kappa shape index (κ1) is 20.9. The first-order valence-electron chi connectivity index (χ1n) is 10.3. The predicted molar refractivity (Wildman–Crippen MR) is 124 cm³/mol. The fourth-order valence-corrected chi connectivity index (χ4v) is 6.54. The highest BCUT2D eigenvalue weighted by Gasteiger charge is 2.32. The molecule has 1 amide bonds. The number of benzene rings is 1. The van der Waals surface area contributed by atoms with Gasteiger partial charge >= 0.3 is 0 Å². The number of H-pyrrole nitrogens is 1. The van der Waals surface area contributed by atoms with Crippen LogP contribution in [0.5, 0.6) is 0 Å². The van der Waals surface area contributed by atoms with Gasteiger partial charge in [-0.15, -0.1) is 0 Å². The van der Waals surface area contributed by atoms with Gasteiger partial charge in [-0.2, -0.15) is 15.6 Å². The highest BCUT2D eigenvalue weighted by atomic mass is 32.2. The molecule has 32 heavy (non-hydrogen) atoms. The molecule has 8 nitrogen and oxygen atoms in total. The Kier molecular flexibility index (Phi) is 5.15. The molecule has 166 valence electrons. The molecular weight excluding hydrogens is 446 g/mol. The number of nitrogens with one attached hydrogen (secondary N) is 1. The van der Waals surface area contributed by atoms with Crippen LogP contribution in [0.4, 0.5) is 0 Å². The third-order valence-electron chi connectivity index (χ3n) is 6.12. The van der Waals surface area contributed by atoms with Crippen LogP contribution in [0.2, 0.25) is 0 Å². The van der Waals surface area contributed by atoms with Crippen molar-refractivity contribution >= 4 is 38.2 Å². The van der Waals surface area contributed by atoms with Gasteiger partial charge in [-0.05, 0) is 64.4 Å². The number of rotatable bonds is 5. The Morgan fingerprint density at radius 3 is 2.66 bits per heavy atom. The molecule has 1 saturated heterocycles. The van der Waals surface area contributed by atoms with Gasteiger partial charge in [0.2, 0.25) is 0 Å². The minimum absolute atomic E-state index is 0.0806.